The molecule has 8 aliphatic rings. The highest BCUT2D eigenvalue weighted by molar-refractivity contribution is 6.31. The number of fused-ring (bicyclic) bond motifs is 19. The van der Waals surface area contributed by atoms with Crippen LogP contribution >= 0.6 is 0 Å². The molecule has 134 heavy (non-hydrogen) atoms. The molecule has 9 aromatic carbocycles. The average Bonchev–Trinajstić information content (AvgIpc) is 1.49. The Kier molecular flexibility index (Phi) is 21.7. The number of carbonyl (C=O) groups is 5. The van der Waals surface area contributed by atoms with Crippen LogP contribution in [-0.4, -0.2) is 167 Å². The predicted octanol–water partition coefficient (Wildman–Crippen LogP) is 14.5. The number of cyclic esters (lactones) is 1. The van der Waals surface area contributed by atoms with E-state index in [1.165, 1.54) is 26.4 Å². The van der Waals surface area contributed by atoms with Crippen LogP contribution in [0, 0.1) is 17.3 Å². The van der Waals surface area contributed by atoms with Crippen molar-refractivity contribution in [1.82, 2.24) is 19.8 Å². The summed E-state index contributed by atoms with van der Waals surface area (Å²) in [4.78, 5) is 104. The van der Waals surface area contributed by atoms with Gasteiger partial charge in [-0.05, 0) is 112 Å². The third-order valence-electron chi connectivity index (χ3n) is 27.3. The Bertz CT molecular complexity index is 7720. The molecule has 0 spiro atoms. The number of amides is 1. The summed E-state index contributed by atoms with van der Waals surface area (Å²) in [5.41, 5.74) is 6.61. The summed E-state index contributed by atoms with van der Waals surface area (Å²) >= 11 is 0. The van der Waals surface area contributed by atoms with E-state index in [0.717, 1.165) is 139 Å². The van der Waals surface area contributed by atoms with Gasteiger partial charge in [-0.25, -0.2) is 4.79 Å². The van der Waals surface area contributed by atoms with Crippen LogP contribution in [-0.2, 0) is 51.0 Å². The van der Waals surface area contributed by atoms with Crippen LogP contribution in [0.3, 0.4) is 0 Å². The number of allylic oxidation sites excluding steroid dienone is 1. The molecule has 33 heteroatoms. The first-order valence-electron chi connectivity index (χ1n) is 43.2. The number of methoxy groups -OCH3 is 2. The van der Waals surface area contributed by atoms with Gasteiger partial charge in [0.15, 0.2) is 63.1 Å². The number of Topliss-reactive ketones (excluding diaryl/α,β-unsaturated/α-hetero) is 3. The highest BCUT2D eigenvalue weighted by atomic mass is 16.6. The van der Waals surface area contributed by atoms with Crippen LogP contribution in [0.5, 0.6) is 63.2 Å². The van der Waals surface area contributed by atoms with E-state index in [9.17, 15) is 94.5 Å². The van der Waals surface area contributed by atoms with Gasteiger partial charge in [-0.1, -0.05) is 85.8 Å². The first-order chi connectivity index (χ1) is 64.2. The number of aromatic nitrogens is 2. The molecule has 2 saturated heterocycles. The smallest absolute Gasteiger partial charge is 0.342 e. The van der Waals surface area contributed by atoms with Crippen molar-refractivity contribution in [3.63, 3.8) is 0 Å². The Labute approximate surface area is 758 Å². The second-order valence-electron chi connectivity index (χ2n) is 35.0. The predicted molar refractivity (Wildman–Crippen MR) is 488 cm³/mol. The van der Waals surface area contributed by atoms with E-state index in [4.69, 9.17) is 41.4 Å². The van der Waals surface area contributed by atoms with Crippen molar-refractivity contribution in [2.45, 2.75) is 102 Å². The highest BCUT2D eigenvalue weighted by Gasteiger charge is 2.64. The van der Waals surface area contributed by atoms with Gasteiger partial charge in [-0.15, -0.1) is 0 Å². The maximum absolute atomic E-state index is 13.8. The molecule has 5 aliphatic heterocycles. The zero-order valence-electron chi connectivity index (χ0n) is 73.0. The van der Waals surface area contributed by atoms with E-state index in [2.05, 4.69) is 80.1 Å². The largest absolute Gasteiger partial charge is 0.508 e. The number of nitrogens with zero attached hydrogens (tertiary/aromatic N) is 3. The summed E-state index contributed by atoms with van der Waals surface area (Å²) in [7, 11) is 5.30. The van der Waals surface area contributed by atoms with Gasteiger partial charge in [0.05, 0.1) is 58.3 Å². The third kappa shape index (κ3) is 13.8. The number of benzene rings is 9. The number of esters is 1. The fourth-order valence-corrected chi connectivity index (χ4v) is 21.4. The number of rotatable bonds is 10. The number of nitrogens with one attached hydrogen (secondary N) is 2. The standard InChI is InChI=1S/C28H26N4O3.C24H26O7.C19H17NO3.C15H10O8.C15H10O7/c1-28-26(34-3)17(29-2)12-20(35-28)31-18-10-6-4-8-14(18)22-23-16(13-30-27(23)33)21-15-9-5-7-11-19(15)32(28)25(21)24(22)31;1-11(25)7-12-8-23(2)14(5-6-15(23)26)17-18(12)24(3)16(10-29-4)31-22(28)13-9-30-21(19(13)24)20(17)27;21-17-13-18(20-9-11-22-12-10-20)23-19-15(7-4-8-16(17)19)14-5-2-1-3-6-14;16-6-3-7(17)11-10(4-6)23-15(14(22)13(11)21)5-1-8(18)12(20)9(19)2-5;16-7-4-10(19)12-11(5-7)22-15(14(21)13(12)20)6-1-2-8(17)9(18)3-6/h4-11,17,20,26,29H,12-13H2,1-3H3,(H,30,33);9,12,14,16H,5-8,10H2,1-4H3;1-8,13H,9-12H2;1-4,16-20,22H;1-5,16-19,21H/t17-,20+,26-,28-;12-,14?,16-,23-,24+;;;/m10.../s1. The molecule has 0 radical (unpaired) electrons. The molecule has 9 atom stereocenters. The molecule has 1 saturated carbocycles. The van der Waals surface area contributed by atoms with E-state index in [1.54, 1.807) is 13.2 Å². The van der Waals surface area contributed by atoms with E-state index in [0.29, 0.717) is 67.0 Å². The Morgan fingerprint density at radius 3 is 1.86 bits per heavy atom. The number of hydrogen-bond donors (Lipinski definition) is 13. The molecule has 2 bridgehead atoms. The van der Waals surface area contributed by atoms with Crippen molar-refractivity contribution in [3.05, 3.63) is 234 Å². The summed E-state index contributed by atoms with van der Waals surface area (Å²) in [6.07, 6.45) is 2.72. The molecule has 13 N–H and O–H groups in total. The number of anilines is 1. The number of aromatic hydroxyl groups is 11. The number of carbonyl (C=O) groups excluding carboxylic acids is 5. The molecular weight excluding hydrogens is 1730 g/mol. The highest BCUT2D eigenvalue weighted by Crippen LogP contribution is 2.64. The number of ketones is 3. The monoisotopic (exact) mass is 1820 g/mol. The van der Waals surface area contributed by atoms with Gasteiger partial charge in [0, 0.05) is 150 Å². The number of furan rings is 1. The fourth-order valence-electron chi connectivity index (χ4n) is 21.4. The van der Waals surface area contributed by atoms with Crippen LogP contribution in [0.25, 0.3) is 110 Å². The van der Waals surface area contributed by atoms with E-state index >= 15 is 0 Å². The zero-order valence-corrected chi connectivity index (χ0v) is 73.0. The molecule has 33 nitrogen and oxygen atoms in total. The summed E-state index contributed by atoms with van der Waals surface area (Å²) in [5, 5.41) is 116. The molecule has 15 aromatic rings. The van der Waals surface area contributed by atoms with Gasteiger partial charge < -0.3 is 127 Å². The molecule has 11 heterocycles. The molecule has 1 amide bonds. The summed E-state index contributed by atoms with van der Waals surface area (Å²) in [5.74, 6) is -7.53. The normalized spacial score (nSPS) is 21.7. The second kappa shape index (κ2) is 33.1. The molecule has 6 aromatic heterocycles. The quantitative estimate of drug-likeness (QED) is 0.0447. The first-order valence-corrected chi connectivity index (χ1v) is 43.2. The Hall–Kier alpha value is -15.4. The number of phenolic OH excluding ortho intramolecular Hbond substituents is 9. The van der Waals surface area contributed by atoms with Gasteiger partial charge in [0.2, 0.25) is 28.1 Å². The Morgan fingerprint density at radius 2 is 1.22 bits per heavy atom. The molecule has 3 aliphatic carbocycles. The van der Waals surface area contributed by atoms with Crippen molar-refractivity contribution in [2.24, 2.45) is 17.3 Å². The summed E-state index contributed by atoms with van der Waals surface area (Å²) < 4.78 is 56.9. The minimum Gasteiger partial charge on any atom is -0.508 e. The maximum atomic E-state index is 13.8. The van der Waals surface area contributed by atoms with Gasteiger partial charge in [-0.3, -0.25) is 28.8 Å². The second-order valence-corrected chi connectivity index (χ2v) is 35.0. The fraction of sp³-hybridized carbons (Fsp3) is 0.267. The SMILES string of the molecule is CN[C@@H]1C[C@@H]2O[C@](C)([C@@H]1OC)n1c3ccccc3c3c4c(c5c6ccccc6n2c5c31)C(=O)NC4.COC[C@@H]1OC(=O)c2coc3c2[C@@]1(C)C1=C(C3=O)C2CCC(=O)[C@@]2(C)C[C@@H]1CC(C)=O.O=c1c(O)c(-c2cc(O)c(O)c(O)c2)oc2cc(O)cc(O)c12.O=c1c(O)c(-c2ccc(O)c(O)c2)oc2cc(O)cc(O)c12.O=c1cc(N2CCOCC2)oc2c(-c3ccccc3)cccc12. The molecule has 686 valence electrons. The number of ether oxygens (including phenoxy) is 5. The van der Waals surface area contributed by atoms with Gasteiger partial charge in [0.25, 0.3) is 5.91 Å². The van der Waals surface area contributed by atoms with Crippen LogP contribution in [0.4, 0.5) is 5.88 Å². The maximum Gasteiger partial charge on any atom is 0.342 e. The lowest BCUT2D eigenvalue weighted by Crippen LogP contribution is -2.59. The Morgan fingerprint density at radius 1 is 0.604 bits per heavy atom. The van der Waals surface area contributed by atoms with Gasteiger partial charge in [-0.2, -0.15) is 0 Å². The van der Waals surface area contributed by atoms with Crippen molar-refractivity contribution >= 4 is 112 Å². The number of morpholine rings is 1. The lowest BCUT2D eigenvalue weighted by atomic mass is 9.51. The van der Waals surface area contributed by atoms with Crippen molar-refractivity contribution in [3.8, 4) is 97.0 Å². The molecule has 3 fully saturated rings. The number of para-hydroxylation sites is 3. The minimum atomic E-state index is -0.967. The number of hydrogen-bond acceptors (Lipinski definition) is 30. The van der Waals surface area contributed by atoms with E-state index < -0.39 is 91.2 Å². The summed E-state index contributed by atoms with van der Waals surface area (Å²) in [6, 6.07) is 43.8. The first kappa shape index (κ1) is 87.9. The van der Waals surface area contributed by atoms with Gasteiger partial charge >= 0.3 is 5.97 Å². The van der Waals surface area contributed by atoms with Gasteiger partial charge in [0.1, 0.15) is 92.3 Å². The van der Waals surface area contributed by atoms with Crippen LogP contribution in [0.1, 0.15) is 108 Å². The lowest BCUT2D eigenvalue weighted by Gasteiger charge is -2.52. The average molecular weight is 1820 g/mol. The van der Waals surface area contributed by atoms with Crippen molar-refractivity contribution in [2.75, 3.05) is 59.1 Å². The lowest BCUT2D eigenvalue weighted by molar-refractivity contribution is -0.256. The molecule has 1 unspecified atom stereocenters. The third-order valence-corrected chi connectivity index (χ3v) is 27.3. The van der Waals surface area contributed by atoms with E-state index in [-0.39, 0.29) is 139 Å². The summed E-state index contributed by atoms with van der Waals surface area (Å²) in [6.45, 7) is 11.0. The van der Waals surface area contributed by atoms with Crippen molar-refractivity contribution < 1.29 is 121 Å². The number of likely N-dealkylation sites (N-methyl/N-ethyl adjacent to an activating group) is 1. The number of phenols is 9. The minimum absolute atomic E-state index is 0.00357. The Balaban J connectivity index is 0.000000109. The molecule has 23 rings (SSSR count). The van der Waals surface area contributed by atoms with Crippen LogP contribution in [0.15, 0.2) is 207 Å². The van der Waals surface area contributed by atoms with Crippen molar-refractivity contribution in [1.29, 1.82) is 0 Å². The topological polar surface area (TPSA) is 495 Å². The van der Waals surface area contributed by atoms with E-state index in [1.807, 2.05) is 69.4 Å². The zero-order chi connectivity index (χ0) is 94.5. The van der Waals surface area contributed by atoms with Crippen LogP contribution in [0.2, 0.25) is 0 Å². The van der Waals surface area contributed by atoms with Crippen LogP contribution < -0.4 is 31.8 Å². The molecular formula is C101H89N5O28.